The first-order chi connectivity index (χ1) is 19.8. The SMILES string of the molecule is CCC(Oc1ccc(C(C)(C)CC)cc1C(C)(C)CC)C(=O)Nc1ccc(NC(=O)Nc2ccc(C#N)cc2)c(O)c1. The number of benzene rings is 3. The highest BCUT2D eigenvalue weighted by Gasteiger charge is 2.29. The molecule has 0 aliphatic heterocycles. The molecular weight excluding hydrogens is 528 g/mol. The Morgan fingerprint density at radius 1 is 0.857 bits per heavy atom. The van der Waals surface area contributed by atoms with E-state index in [0.717, 1.165) is 18.4 Å². The van der Waals surface area contributed by atoms with Crippen LogP contribution in [0.5, 0.6) is 11.5 Å². The molecule has 1 unspecified atom stereocenters. The number of carbonyl (C=O) groups excluding carboxylic acids is 2. The van der Waals surface area contributed by atoms with Crippen LogP contribution in [-0.4, -0.2) is 23.1 Å². The third-order valence-corrected chi connectivity index (χ3v) is 7.98. The van der Waals surface area contributed by atoms with E-state index in [4.69, 9.17) is 10.00 Å². The van der Waals surface area contributed by atoms with Gasteiger partial charge in [-0.2, -0.15) is 5.26 Å². The van der Waals surface area contributed by atoms with Crippen LogP contribution in [0.25, 0.3) is 0 Å². The van der Waals surface area contributed by atoms with Crippen molar-refractivity contribution >= 4 is 29.0 Å². The van der Waals surface area contributed by atoms with Crippen molar-refractivity contribution in [3.63, 3.8) is 0 Å². The lowest BCUT2D eigenvalue weighted by Crippen LogP contribution is -2.33. The molecule has 3 amide bonds. The van der Waals surface area contributed by atoms with Crippen LogP contribution in [0.1, 0.15) is 84.4 Å². The quantitative estimate of drug-likeness (QED) is 0.174. The van der Waals surface area contributed by atoms with E-state index in [-0.39, 0.29) is 28.2 Å². The Balaban J connectivity index is 1.72. The number of carbonyl (C=O) groups is 2. The summed E-state index contributed by atoms with van der Waals surface area (Å²) in [6.45, 7) is 15.0. The number of ether oxygens (including phenoxy) is 1. The summed E-state index contributed by atoms with van der Waals surface area (Å²) in [6.07, 6.45) is 1.61. The normalized spacial score (nSPS) is 12.1. The molecule has 0 saturated carbocycles. The summed E-state index contributed by atoms with van der Waals surface area (Å²) in [5.41, 5.74) is 3.69. The Kier molecular flexibility index (Phi) is 10.2. The maximum absolute atomic E-state index is 13.3. The zero-order valence-electron chi connectivity index (χ0n) is 25.6. The predicted octanol–water partition coefficient (Wildman–Crippen LogP) is 8.08. The summed E-state index contributed by atoms with van der Waals surface area (Å²) in [5, 5.41) is 27.5. The Bertz CT molecular complexity index is 1460. The molecule has 3 aromatic carbocycles. The van der Waals surface area contributed by atoms with Crippen molar-refractivity contribution in [2.45, 2.75) is 84.7 Å². The smallest absolute Gasteiger partial charge is 0.323 e. The van der Waals surface area contributed by atoms with Gasteiger partial charge in [0.15, 0.2) is 6.10 Å². The summed E-state index contributed by atoms with van der Waals surface area (Å²) in [6, 6.07) is 18.6. The van der Waals surface area contributed by atoms with Gasteiger partial charge in [0, 0.05) is 23.0 Å². The molecule has 0 radical (unpaired) electrons. The van der Waals surface area contributed by atoms with Gasteiger partial charge in [-0.25, -0.2) is 4.79 Å². The minimum absolute atomic E-state index is 0.0198. The summed E-state index contributed by atoms with van der Waals surface area (Å²) in [7, 11) is 0. The first-order valence-corrected chi connectivity index (χ1v) is 14.4. The summed E-state index contributed by atoms with van der Waals surface area (Å²) in [5.74, 6) is 0.141. The highest BCUT2D eigenvalue weighted by molar-refractivity contribution is 6.01. The fourth-order valence-electron chi connectivity index (χ4n) is 4.30. The van der Waals surface area contributed by atoms with Crippen molar-refractivity contribution in [2.75, 3.05) is 16.0 Å². The van der Waals surface area contributed by atoms with E-state index in [9.17, 15) is 14.7 Å². The number of rotatable bonds is 11. The average molecular weight is 571 g/mol. The standard InChI is InChI=1S/C34H42N4O4/c1-8-29(42-30-18-13-23(33(4,5)9-2)19-26(30)34(6,7)10-3)31(40)36-25-16-17-27(28(39)20-25)38-32(41)37-24-14-11-22(21-35)12-15-24/h11-20,29,39H,8-10H2,1-7H3,(H,36,40)(H2,37,38,41). The maximum atomic E-state index is 13.3. The van der Waals surface area contributed by atoms with Crippen LogP contribution in [0.2, 0.25) is 0 Å². The number of amides is 3. The fourth-order valence-corrected chi connectivity index (χ4v) is 4.30. The van der Waals surface area contributed by atoms with Crippen molar-refractivity contribution in [1.82, 2.24) is 0 Å². The second kappa shape index (κ2) is 13.4. The van der Waals surface area contributed by atoms with Gasteiger partial charge in [-0.3, -0.25) is 4.79 Å². The lowest BCUT2D eigenvalue weighted by Gasteiger charge is -2.31. The number of phenolic OH excluding ortho intramolecular Hbond substituents is 1. The summed E-state index contributed by atoms with van der Waals surface area (Å²) >= 11 is 0. The molecule has 0 spiro atoms. The zero-order chi connectivity index (χ0) is 31.1. The molecule has 0 heterocycles. The van der Waals surface area contributed by atoms with E-state index >= 15 is 0 Å². The van der Waals surface area contributed by atoms with Crippen LogP contribution in [0.15, 0.2) is 60.7 Å². The number of hydrogen-bond donors (Lipinski definition) is 4. The van der Waals surface area contributed by atoms with E-state index < -0.39 is 12.1 Å². The molecule has 0 fully saturated rings. The number of phenols is 1. The number of aromatic hydroxyl groups is 1. The van der Waals surface area contributed by atoms with Gasteiger partial charge < -0.3 is 25.8 Å². The molecule has 3 rings (SSSR count). The molecule has 0 aliphatic rings. The number of nitrogens with zero attached hydrogens (tertiary/aromatic N) is 1. The van der Waals surface area contributed by atoms with Crippen LogP contribution in [0.4, 0.5) is 21.9 Å². The Hall–Kier alpha value is -4.51. The topological polar surface area (TPSA) is 123 Å². The number of urea groups is 1. The molecule has 222 valence electrons. The Labute approximate surface area is 249 Å². The van der Waals surface area contributed by atoms with Crippen LogP contribution in [-0.2, 0) is 15.6 Å². The third-order valence-electron chi connectivity index (χ3n) is 7.98. The van der Waals surface area contributed by atoms with Crippen molar-refractivity contribution in [3.05, 3.63) is 77.4 Å². The minimum atomic E-state index is -0.750. The molecule has 0 aliphatic carbocycles. The zero-order valence-corrected chi connectivity index (χ0v) is 25.6. The largest absolute Gasteiger partial charge is 0.506 e. The molecular formula is C34H42N4O4. The average Bonchev–Trinajstić information content (AvgIpc) is 2.97. The van der Waals surface area contributed by atoms with E-state index in [1.54, 1.807) is 30.3 Å². The molecule has 42 heavy (non-hydrogen) atoms. The summed E-state index contributed by atoms with van der Waals surface area (Å²) in [4.78, 5) is 25.6. The predicted molar refractivity (Wildman–Crippen MR) is 168 cm³/mol. The van der Waals surface area contributed by atoms with E-state index in [0.29, 0.717) is 29.1 Å². The molecule has 8 heteroatoms. The van der Waals surface area contributed by atoms with Gasteiger partial charge in [0.1, 0.15) is 11.5 Å². The van der Waals surface area contributed by atoms with Crippen molar-refractivity contribution in [3.8, 4) is 17.6 Å². The minimum Gasteiger partial charge on any atom is -0.506 e. The fraction of sp³-hybridized carbons (Fsp3) is 0.382. The number of nitriles is 1. The summed E-state index contributed by atoms with van der Waals surface area (Å²) < 4.78 is 6.34. The van der Waals surface area contributed by atoms with Gasteiger partial charge in [-0.15, -0.1) is 0 Å². The van der Waals surface area contributed by atoms with Gasteiger partial charge in [0.05, 0.1) is 17.3 Å². The van der Waals surface area contributed by atoms with Crippen molar-refractivity contribution in [2.24, 2.45) is 0 Å². The Morgan fingerprint density at radius 3 is 2.07 bits per heavy atom. The lowest BCUT2D eigenvalue weighted by molar-refractivity contribution is -0.122. The first-order valence-electron chi connectivity index (χ1n) is 14.4. The Morgan fingerprint density at radius 2 is 1.50 bits per heavy atom. The molecule has 0 saturated heterocycles. The van der Waals surface area contributed by atoms with Crippen molar-refractivity contribution in [1.29, 1.82) is 5.26 Å². The highest BCUT2D eigenvalue weighted by Crippen LogP contribution is 2.39. The molecule has 4 N–H and O–H groups in total. The molecule has 0 bridgehead atoms. The second-order valence-corrected chi connectivity index (χ2v) is 11.7. The van der Waals surface area contributed by atoms with Gasteiger partial charge in [-0.05, 0) is 78.1 Å². The van der Waals surface area contributed by atoms with Crippen LogP contribution in [0.3, 0.4) is 0 Å². The van der Waals surface area contributed by atoms with E-state index in [1.807, 2.05) is 19.1 Å². The van der Waals surface area contributed by atoms with E-state index in [1.165, 1.54) is 17.7 Å². The van der Waals surface area contributed by atoms with Gasteiger partial charge >= 0.3 is 6.03 Å². The molecule has 0 aromatic heterocycles. The van der Waals surface area contributed by atoms with Crippen molar-refractivity contribution < 1.29 is 19.4 Å². The van der Waals surface area contributed by atoms with E-state index in [2.05, 4.69) is 69.6 Å². The maximum Gasteiger partial charge on any atom is 0.323 e. The van der Waals surface area contributed by atoms with Gasteiger partial charge in [-0.1, -0.05) is 60.6 Å². The number of anilines is 3. The number of hydrogen-bond acceptors (Lipinski definition) is 5. The monoisotopic (exact) mass is 570 g/mol. The second-order valence-electron chi connectivity index (χ2n) is 11.7. The number of nitrogens with one attached hydrogen (secondary N) is 3. The first kappa shape index (κ1) is 32.0. The van der Waals surface area contributed by atoms with Crippen LogP contribution >= 0.6 is 0 Å². The molecule has 3 aromatic rings. The molecule has 8 nitrogen and oxygen atoms in total. The molecule has 1 atom stereocenters. The third kappa shape index (κ3) is 7.82. The van der Waals surface area contributed by atoms with Gasteiger partial charge in [0.2, 0.25) is 0 Å². The van der Waals surface area contributed by atoms with Crippen LogP contribution in [0, 0.1) is 11.3 Å². The van der Waals surface area contributed by atoms with Crippen LogP contribution < -0.4 is 20.7 Å². The highest BCUT2D eigenvalue weighted by atomic mass is 16.5. The lowest BCUT2D eigenvalue weighted by atomic mass is 9.76. The van der Waals surface area contributed by atoms with Gasteiger partial charge in [0.25, 0.3) is 5.91 Å².